The third kappa shape index (κ3) is 2.85. The van der Waals surface area contributed by atoms with Crippen molar-refractivity contribution in [2.75, 3.05) is 5.75 Å². The molecule has 2 aromatic rings. The SMILES string of the molecule is CC(C)(CCSc1nc2ccccc2o1)C(=N)N. The van der Waals surface area contributed by atoms with Gasteiger partial charge in [-0.15, -0.1) is 0 Å². The van der Waals surface area contributed by atoms with Gasteiger partial charge in [0.25, 0.3) is 5.22 Å². The van der Waals surface area contributed by atoms with E-state index in [4.69, 9.17) is 15.6 Å². The van der Waals surface area contributed by atoms with E-state index in [9.17, 15) is 0 Å². The van der Waals surface area contributed by atoms with Crippen molar-refractivity contribution in [1.29, 1.82) is 5.41 Å². The number of nitrogens with zero attached hydrogens (tertiary/aromatic N) is 1. The van der Waals surface area contributed by atoms with Gasteiger partial charge in [0.1, 0.15) is 5.52 Å². The molecule has 0 saturated carbocycles. The minimum absolute atomic E-state index is 0.223. The Balaban J connectivity index is 1.96. The highest BCUT2D eigenvalue weighted by Gasteiger charge is 2.21. The lowest BCUT2D eigenvalue weighted by atomic mass is 9.89. The lowest BCUT2D eigenvalue weighted by Crippen LogP contribution is -2.31. The summed E-state index contributed by atoms with van der Waals surface area (Å²) in [7, 11) is 0. The zero-order chi connectivity index (χ0) is 13.2. The molecular formula is C13H17N3OS. The van der Waals surface area contributed by atoms with Gasteiger partial charge in [-0.1, -0.05) is 37.7 Å². The monoisotopic (exact) mass is 263 g/mol. The predicted octanol–water partition coefficient (Wildman–Crippen LogP) is 3.27. The molecule has 0 saturated heterocycles. The van der Waals surface area contributed by atoms with Crippen LogP contribution < -0.4 is 5.73 Å². The molecule has 1 aromatic heterocycles. The highest BCUT2D eigenvalue weighted by molar-refractivity contribution is 7.99. The number of fused-ring (bicyclic) bond motifs is 1. The fourth-order valence-corrected chi connectivity index (χ4v) is 2.54. The minimum atomic E-state index is -0.265. The van der Waals surface area contributed by atoms with E-state index >= 15 is 0 Å². The van der Waals surface area contributed by atoms with Crippen LogP contribution in [0.1, 0.15) is 20.3 Å². The van der Waals surface area contributed by atoms with Crippen molar-refractivity contribution in [2.24, 2.45) is 11.1 Å². The summed E-state index contributed by atoms with van der Waals surface area (Å²) in [5, 5.41) is 8.17. The molecule has 0 unspecified atom stereocenters. The van der Waals surface area contributed by atoms with Crippen molar-refractivity contribution in [3.05, 3.63) is 24.3 Å². The molecule has 2 rings (SSSR count). The number of para-hydroxylation sites is 2. The third-order valence-corrected chi connectivity index (χ3v) is 3.79. The second-order valence-electron chi connectivity index (χ2n) is 4.84. The Hall–Kier alpha value is -1.49. The Morgan fingerprint density at radius 1 is 1.44 bits per heavy atom. The van der Waals surface area contributed by atoms with Gasteiger partial charge in [0.05, 0.1) is 5.84 Å². The Kier molecular flexibility index (Phi) is 3.61. The van der Waals surface area contributed by atoms with E-state index in [0.29, 0.717) is 5.22 Å². The molecule has 5 heteroatoms. The van der Waals surface area contributed by atoms with E-state index in [0.717, 1.165) is 23.3 Å². The van der Waals surface area contributed by atoms with E-state index in [1.165, 1.54) is 0 Å². The molecule has 0 aliphatic carbocycles. The second-order valence-corrected chi connectivity index (χ2v) is 5.89. The van der Waals surface area contributed by atoms with E-state index in [1.54, 1.807) is 11.8 Å². The molecule has 0 atom stereocenters. The Morgan fingerprint density at radius 2 is 2.17 bits per heavy atom. The van der Waals surface area contributed by atoms with Crippen LogP contribution in [0.3, 0.4) is 0 Å². The van der Waals surface area contributed by atoms with Crippen LogP contribution in [0.4, 0.5) is 0 Å². The number of aromatic nitrogens is 1. The zero-order valence-electron chi connectivity index (χ0n) is 10.6. The minimum Gasteiger partial charge on any atom is -0.431 e. The number of thioether (sulfide) groups is 1. The second kappa shape index (κ2) is 5.02. The molecule has 0 aliphatic heterocycles. The highest BCUT2D eigenvalue weighted by Crippen LogP contribution is 2.28. The lowest BCUT2D eigenvalue weighted by molar-refractivity contribution is 0.481. The smallest absolute Gasteiger partial charge is 0.256 e. The van der Waals surface area contributed by atoms with Crippen LogP contribution in [-0.2, 0) is 0 Å². The predicted molar refractivity (Wildman–Crippen MR) is 75.0 cm³/mol. The molecule has 4 nitrogen and oxygen atoms in total. The van der Waals surface area contributed by atoms with Gasteiger partial charge in [-0.2, -0.15) is 0 Å². The Labute approximate surface area is 110 Å². The zero-order valence-corrected chi connectivity index (χ0v) is 11.4. The van der Waals surface area contributed by atoms with Crippen molar-refractivity contribution >= 4 is 28.7 Å². The van der Waals surface area contributed by atoms with Crippen molar-refractivity contribution in [3.8, 4) is 0 Å². The van der Waals surface area contributed by atoms with Gasteiger partial charge in [-0.25, -0.2) is 4.98 Å². The first-order chi connectivity index (χ1) is 8.49. The van der Waals surface area contributed by atoms with Crippen LogP contribution in [0.25, 0.3) is 11.1 Å². The van der Waals surface area contributed by atoms with Crippen LogP contribution in [0.5, 0.6) is 0 Å². The average molecular weight is 263 g/mol. The number of rotatable bonds is 5. The molecule has 0 radical (unpaired) electrons. The summed E-state index contributed by atoms with van der Waals surface area (Å²) in [4.78, 5) is 4.39. The van der Waals surface area contributed by atoms with Gasteiger partial charge in [0, 0.05) is 11.2 Å². The van der Waals surface area contributed by atoms with Gasteiger partial charge in [0.2, 0.25) is 0 Å². The maximum absolute atomic E-state index is 7.50. The lowest BCUT2D eigenvalue weighted by Gasteiger charge is -2.21. The molecule has 3 N–H and O–H groups in total. The van der Waals surface area contributed by atoms with Crippen molar-refractivity contribution in [1.82, 2.24) is 4.98 Å². The number of benzene rings is 1. The van der Waals surface area contributed by atoms with Crippen LogP contribution in [-0.4, -0.2) is 16.6 Å². The van der Waals surface area contributed by atoms with Gasteiger partial charge < -0.3 is 10.2 Å². The molecular weight excluding hydrogens is 246 g/mol. The quantitative estimate of drug-likeness (QED) is 0.493. The van der Waals surface area contributed by atoms with E-state index in [2.05, 4.69) is 4.98 Å². The normalized spacial score (nSPS) is 11.9. The summed E-state index contributed by atoms with van der Waals surface area (Å²) < 4.78 is 5.61. The molecule has 0 aliphatic rings. The van der Waals surface area contributed by atoms with Crippen molar-refractivity contribution < 1.29 is 4.42 Å². The van der Waals surface area contributed by atoms with Crippen LogP contribution in [0.15, 0.2) is 33.9 Å². The molecule has 96 valence electrons. The third-order valence-electron chi connectivity index (χ3n) is 2.96. The molecule has 0 fully saturated rings. The number of hydrogen-bond acceptors (Lipinski definition) is 4. The maximum atomic E-state index is 7.50. The fraction of sp³-hybridized carbons (Fsp3) is 0.385. The maximum Gasteiger partial charge on any atom is 0.256 e. The first kappa shape index (κ1) is 13.0. The summed E-state index contributed by atoms with van der Waals surface area (Å²) in [6.45, 7) is 3.95. The van der Waals surface area contributed by atoms with E-state index in [-0.39, 0.29) is 11.3 Å². The number of hydrogen-bond donors (Lipinski definition) is 2. The first-order valence-electron chi connectivity index (χ1n) is 5.82. The number of nitrogens with two attached hydrogens (primary N) is 1. The Morgan fingerprint density at radius 3 is 2.83 bits per heavy atom. The van der Waals surface area contributed by atoms with E-state index < -0.39 is 0 Å². The van der Waals surface area contributed by atoms with Crippen molar-refractivity contribution in [2.45, 2.75) is 25.5 Å². The van der Waals surface area contributed by atoms with Crippen LogP contribution >= 0.6 is 11.8 Å². The van der Waals surface area contributed by atoms with Crippen molar-refractivity contribution in [3.63, 3.8) is 0 Å². The molecule has 0 spiro atoms. The van der Waals surface area contributed by atoms with Gasteiger partial charge in [0.15, 0.2) is 5.58 Å². The highest BCUT2D eigenvalue weighted by atomic mass is 32.2. The summed E-state index contributed by atoms with van der Waals surface area (Å²) in [6.07, 6.45) is 0.825. The standard InChI is InChI=1S/C13H17N3OS/c1-13(2,11(14)15)7-8-18-12-16-9-5-3-4-6-10(9)17-12/h3-6H,7-8H2,1-2H3,(H3,14,15). The molecule has 0 bridgehead atoms. The number of oxazole rings is 1. The summed E-state index contributed by atoms with van der Waals surface area (Å²) >= 11 is 1.56. The molecule has 1 heterocycles. The topological polar surface area (TPSA) is 75.9 Å². The Bertz CT molecular complexity index is 529. The summed E-state index contributed by atoms with van der Waals surface area (Å²) in [6, 6.07) is 7.72. The van der Waals surface area contributed by atoms with Gasteiger partial charge >= 0.3 is 0 Å². The summed E-state index contributed by atoms with van der Waals surface area (Å²) in [5.41, 5.74) is 6.97. The van der Waals surface area contributed by atoms with E-state index in [1.807, 2.05) is 38.1 Å². The summed E-state index contributed by atoms with van der Waals surface area (Å²) in [5.74, 6) is 1.06. The van der Waals surface area contributed by atoms with Gasteiger partial charge in [-0.05, 0) is 18.6 Å². The molecule has 0 amide bonds. The average Bonchev–Trinajstić information content (AvgIpc) is 2.70. The van der Waals surface area contributed by atoms with Crippen LogP contribution in [0.2, 0.25) is 0 Å². The number of nitrogens with one attached hydrogen (secondary N) is 1. The van der Waals surface area contributed by atoms with Gasteiger partial charge in [-0.3, -0.25) is 5.41 Å². The number of amidine groups is 1. The fourth-order valence-electron chi connectivity index (χ4n) is 1.44. The largest absolute Gasteiger partial charge is 0.431 e. The molecule has 1 aromatic carbocycles. The van der Waals surface area contributed by atoms with Crippen LogP contribution in [0, 0.1) is 10.8 Å². The first-order valence-corrected chi connectivity index (χ1v) is 6.80. The molecule has 18 heavy (non-hydrogen) atoms.